The van der Waals surface area contributed by atoms with Crippen LogP contribution in [0.4, 0.5) is 0 Å². The molecule has 1 aromatic rings. The van der Waals surface area contributed by atoms with Gasteiger partial charge in [-0.15, -0.1) is 5.92 Å². The first-order valence-corrected chi connectivity index (χ1v) is 23.1. The molecule has 16 atom stereocenters. The lowest BCUT2D eigenvalue weighted by molar-refractivity contribution is -0.266. The predicted molar refractivity (Wildman–Crippen MR) is 223 cm³/mol. The van der Waals surface area contributed by atoms with Gasteiger partial charge in [0.2, 0.25) is 0 Å². The Bertz CT molecular complexity index is 2190. The second kappa shape index (κ2) is 13.2. The maximum absolute atomic E-state index is 16.1. The van der Waals surface area contributed by atoms with E-state index in [1.54, 1.807) is 13.0 Å². The second-order valence-electron chi connectivity index (χ2n) is 22.3. The molecule has 6 N–H and O–H groups in total. The van der Waals surface area contributed by atoms with Crippen LogP contribution in [0.1, 0.15) is 146 Å². The standard InChI is InChI=1S/C51H66O8/c1-29(54)31-19-32-22-35-30(21-34(32)33(20-31)26-52)10-16-49-17-11-39-47(4,43(59)27-53)40(56)12-18-50(35,39)44(49)38(55)23-36-37-24-45(2)13-6-5-9-41(57)51(37,42(58)25-46(36,49)3)48(28-45)14-7-8-15-48/h19-23,26,29-30,35,37,39-44,53-54,56-59H,6-8,10-18,24-25,27-28H2,1-4H3. The van der Waals surface area contributed by atoms with Crippen LogP contribution in [0, 0.1) is 79.3 Å². The van der Waals surface area contributed by atoms with Crippen LogP contribution in [0.15, 0.2) is 23.8 Å². The largest absolute Gasteiger partial charge is 0.394 e. The molecule has 0 saturated heterocycles. The molecular weight excluding hydrogens is 741 g/mol. The SMILES string of the molecule is CC(O)c1cc(C=O)c2c(c1)=CC1C(C=2)CCC23CCC4C(C)(C(O)CO)C(O)CCC14C2C(=O)C=C1C2CC4(C)CCC#CC(O)C2(C(O)CC13C)C1(CCCC1)C4. The summed E-state index contributed by atoms with van der Waals surface area (Å²) in [5.74, 6) is 5.51. The number of hydrogen-bond acceptors (Lipinski definition) is 8. The van der Waals surface area contributed by atoms with Crippen LogP contribution in [0.3, 0.4) is 0 Å². The van der Waals surface area contributed by atoms with Gasteiger partial charge in [-0.25, -0.2) is 0 Å². The summed E-state index contributed by atoms with van der Waals surface area (Å²) in [6.07, 6.45) is 14.3. The third-order valence-electron chi connectivity index (χ3n) is 20.4. The number of allylic oxidation sites excluding steroid dienone is 2. The van der Waals surface area contributed by atoms with E-state index >= 15 is 4.79 Å². The first kappa shape index (κ1) is 40.4. The Morgan fingerprint density at radius 3 is 2.37 bits per heavy atom. The van der Waals surface area contributed by atoms with E-state index < -0.39 is 70.1 Å². The fourth-order valence-electron chi connectivity index (χ4n) is 18.1. The summed E-state index contributed by atoms with van der Waals surface area (Å²) in [6, 6.07) is 3.76. The molecule has 6 saturated carbocycles. The molecule has 8 heteroatoms. The average molecular weight is 807 g/mol. The zero-order valence-corrected chi connectivity index (χ0v) is 35.6. The normalized spacial score (nSPS) is 48.4. The Kier molecular flexibility index (Phi) is 9.04. The monoisotopic (exact) mass is 806 g/mol. The number of carbonyl (C=O) groups excluding carboxylic acids is 2. The Labute approximate surface area is 349 Å². The highest BCUT2D eigenvalue weighted by molar-refractivity contribution is 5.96. The third kappa shape index (κ3) is 4.85. The number of aliphatic hydroxyl groups is 6. The fourth-order valence-corrected chi connectivity index (χ4v) is 18.1. The van der Waals surface area contributed by atoms with Crippen molar-refractivity contribution in [1.29, 1.82) is 0 Å². The number of carbonyl (C=O) groups is 2. The lowest BCUT2D eigenvalue weighted by Crippen LogP contribution is -2.74. The van der Waals surface area contributed by atoms with Crippen molar-refractivity contribution in [1.82, 2.24) is 0 Å². The van der Waals surface area contributed by atoms with Gasteiger partial charge < -0.3 is 30.6 Å². The molecule has 0 radical (unpaired) electrons. The zero-order chi connectivity index (χ0) is 41.7. The van der Waals surface area contributed by atoms with Crippen LogP contribution in [0.25, 0.3) is 12.2 Å². The minimum Gasteiger partial charge on any atom is -0.394 e. The number of ketones is 1. The zero-order valence-electron chi connectivity index (χ0n) is 35.6. The van der Waals surface area contributed by atoms with Crippen LogP contribution in [-0.4, -0.2) is 73.7 Å². The topological polar surface area (TPSA) is 156 Å². The molecule has 8 nitrogen and oxygen atoms in total. The molecule has 0 aliphatic heterocycles. The summed E-state index contributed by atoms with van der Waals surface area (Å²) < 4.78 is 0. The maximum Gasteiger partial charge on any atom is 0.159 e. The molecule has 59 heavy (non-hydrogen) atoms. The van der Waals surface area contributed by atoms with Crippen molar-refractivity contribution in [2.75, 3.05) is 6.61 Å². The number of aliphatic hydroxyl groups excluding tert-OH is 6. The van der Waals surface area contributed by atoms with Crippen molar-refractivity contribution < 1.29 is 40.2 Å². The molecule has 10 aliphatic rings. The van der Waals surface area contributed by atoms with Crippen LogP contribution in [0.5, 0.6) is 0 Å². The number of fused-ring (bicyclic) bond motifs is 6. The van der Waals surface area contributed by atoms with Gasteiger partial charge in [0.15, 0.2) is 12.1 Å². The minimum absolute atomic E-state index is 0.0502. The molecule has 16 unspecified atom stereocenters. The molecule has 0 aromatic heterocycles. The van der Waals surface area contributed by atoms with Crippen molar-refractivity contribution in [3.05, 3.63) is 45.3 Å². The van der Waals surface area contributed by atoms with E-state index in [4.69, 9.17) is 0 Å². The molecule has 11 rings (SSSR count). The molecule has 3 spiro atoms. The molecule has 1 aromatic carbocycles. The summed E-state index contributed by atoms with van der Waals surface area (Å²) in [7, 11) is 0. The molecule has 4 bridgehead atoms. The van der Waals surface area contributed by atoms with E-state index in [-0.39, 0.29) is 40.3 Å². The molecule has 10 aliphatic carbocycles. The summed E-state index contributed by atoms with van der Waals surface area (Å²) in [5, 5.41) is 72.7. The van der Waals surface area contributed by atoms with Crippen molar-refractivity contribution in [2.45, 2.75) is 155 Å². The maximum atomic E-state index is 16.1. The predicted octanol–water partition coefficient (Wildman–Crippen LogP) is 5.07. The van der Waals surface area contributed by atoms with Gasteiger partial charge in [-0.05, 0) is 169 Å². The highest BCUT2D eigenvalue weighted by atomic mass is 16.3. The summed E-state index contributed by atoms with van der Waals surface area (Å²) >= 11 is 0. The van der Waals surface area contributed by atoms with Crippen molar-refractivity contribution in [3.63, 3.8) is 0 Å². The molecule has 0 amide bonds. The van der Waals surface area contributed by atoms with Gasteiger partial charge in [-0.1, -0.05) is 57.3 Å². The number of hydrogen-bond donors (Lipinski definition) is 6. The van der Waals surface area contributed by atoms with E-state index in [9.17, 15) is 35.4 Å². The van der Waals surface area contributed by atoms with Gasteiger partial charge in [0, 0.05) is 28.7 Å². The van der Waals surface area contributed by atoms with Gasteiger partial charge in [0.1, 0.15) is 6.10 Å². The molecule has 6 fully saturated rings. The van der Waals surface area contributed by atoms with Gasteiger partial charge in [-0.3, -0.25) is 9.59 Å². The van der Waals surface area contributed by atoms with E-state index in [1.165, 1.54) is 0 Å². The highest BCUT2D eigenvalue weighted by Crippen LogP contribution is 2.82. The lowest BCUT2D eigenvalue weighted by Gasteiger charge is -2.75. The van der Waals surface area contributed by atoms with Gasteiger partial charge in [0.25, 0.3) is 0 Å². The van der Waals surface area contributed by atoms with E-state index in [1.807, 2.05) is 19.1 Å². The first-order chi connectivity index (χ1) is 28.0. The minimum atomic E-state index is -1.20. The number of benzene rings is 1. The van der Waals surface area contributed by atoms with Crippen molar-refractivity contribution in [3.8, 4) is 11.8 Å². The fraction of sp³-hybridized carbons (Fsp3) is 0.725. The highest BCUT2D eigenvalue weighted by Gasteiger charge is 2.79. The number of rotatable bonds is 4. The average Bonchev–Trinajstić information content (AvgIpc) is 3.67. The lowest BCUT2D eigenvalue weighted by atomic mass is 9.29. The second-order valence-corrected chi connectivity index (χ2v) is 22.3. The molecular formula is C51H66O8. The summed E-state index contributed by atoms with van der Waals surface area (Å²) in [4.78, 5) is 28.8. The Morgan fingerprint density at radius 2 is 1.66 bits per heavy atom. The van der Waals surface area contributed by atoms with Crippen LogP contribution in [-0.2, 0) is 4.79 Å². The third-order valence-corrected chi connectivity index (χ3v) is 20.4. The smallest absolute Gasteiger partial charge is 0.159 e. The van der Waals surface area contributed by atoms with Gasteiger partial charge in [0.05, 0.1) is 31.0 Å². The Balaban J connectivity index is 1.23. The van der Waals surface area contributed by atoms with E-state index in [0.29, 0.717) is 49.7 Å². The van der Waals surface area contributed by atoms with Crippen LogP contribution in [0.2, 0.25) is 0 Å². The van der Waals surface area contributed by atoms with Crippen LogP contribution >= 0.6 is 0 Å². The summed E-state index contributed by atoms with van der Waals surface area (Å²) in [6.45, 7) is 7.87. The van der Waals surface area contributed by atoms with Gasteiger partial charge in [-0.2, -0.15) is 0 Å². The van der Waals surface area contributed by atoms with E-state index in [2.05, 4.69) is 37.8 Å². The van der Waals surface area contributed by atoms with Crippen molar-refractivity contribution >= 4 is 24.2 Å². The molecule has 318 valence electrons. The quantitative estimate of drug-likeness (QED) is 0.182. The summed E-state index contributed by atoms with van der Waals surface area (Å²) in [5.41, 5.74) is -1.89. The Hall–Kier alpha value is -2.64. The first-order valence-electron chi connectivity index (χ1n) is 23.1. The van der Waals surface area contributed by atoms with Crippen molar-refractivity contribution in [2.24, 2.45) is 67.5 Å². The Morgan fingerprint density at radius 1 is 0.915 bits per heavy atom. The molecule has 0 heterocycles. The van der Waals surface area contributed by atoms with E-state index in [0.717, 1.165) is 80.1 Å². The van der Waals surface area contributed by atoms with Crippen LogP contribution < -0.4 is 10.4 Å². The number of aldehydes is 1. The van der Waals surface area contributed by atoms with Gasteiger partial charge >= 0.3 is 0 Å².